The van der Waals surface area contributed by atoms with Crippen LogP contribution in [0.5, 0.6) is 11.5 Å². The third kappa shape index (κ3) is 4.68. The van der Waals surface area contributed by atoms with Crippen molar-refractivity contribution in [3.05, 3.63) is 34.6 Å². The highest BCUT2D eigenvalue weighted by Crippen LogP contribution is 2.50. The molecule has 12 heteroatoms. The zero-order chi connectivity index (χ0) is 28.5. The zero-order valence-electron chi connectivity index (χ0n) is 22.9. The second-order valence-corrected chi connectivity index (χ2v) is 12.4. The van der Waals surface area contributed by atoms with Crippen molar-refractivity contribution in [2.75, 3.05) is 51.7 Å². The number of halogens is 2. The number of carbonyl (C=O) groups is 2. The molecule has 2 saturated heterocycles. The van der Waals surface area contributed by atoms with Crippen LogP contribution >= 0.6 is 11.6 Å². The molecule has 1 unspecified atom stereocenters. The van der Waals surface area contributed by atoms with Crippen LogP contribution in [0.4, 0.5) is 15.0 Å². The average molecular weight is 574 g/mol. The Labute approximate surface area is 237 Å². The van der Waals surface area contributed by atoms with Crippen LogP contribution in [0.2, 0.25) is 5.02 Å². The lowest BCUT2D eigenvalue weighted by Crippen LogP contribution is -2.58. The molecule has 4 atom stereocenters. The Hall–Kier alpha value is -3.31. The Balaban J connectivity index is 1.37. The first-order valence-corrected chi connectivity index (χ1v) is 13.9. The Morgan fingerprint density at radius 3 is 2.60 bits per heavy atom. The fourth-order valence-electron chi connectivity index (χ4n) is 6.08. The lowest BCUT2D eigenvalue weighted by molar-refractivity contribution is 0.000957. The van der Waals surface area contributed by atoms with Gasteiger partial charge in [0.05, 0.1) is 11.6 Å². The van der Waals surface area contributed by atoms with Crippen molar-refractivity contribution in [1.82, 2.24) is 19.7 Å². The van der Waals surface area contributed by atoms with E-state index < -0.39 is 23.6 Å². The Bertz CT molecular complexity index is 1350. The summed E-state index contributed by atoms with van der Waals surface area (Å²) in [6.45, 7) is 8.13. The van der Waals surface area contributed by atoms with Crippen LogP contribution < -0.4 is 10.1 Å². The van der Waals surface area contributed by atoms with Gasteiger partial charge in [-0.15, -0.1) is 0 Å². The van der Waals surface area contributed by atoms with Gasteiger partial charge in [0.15, 0.2) is 5.75 Å². The van der Waals surface area contributed by atoms with E-state index >= 15 is 0 Å². The van der Waals surface area contributed by atoms with E-state index in [2.05, 4.69) is 22.2 Å². The quantitative estimate of drug-likeness (QED) is 0.573. The van der Waals surface area contributed by atoms with Crippen LogP contribution in [0.3, 0.4) is 0 Å². The average Bonchev–Trinajstić information content (AvgIpc) is 3.37. The summed E-state index contributed by atoms with van der Waals surface area (Å²) in [6.07, 6.45) is -0.453. The third-order valence-electron chi connectivity index (χ3n) is 8.03. The van der Waals surface area contributed by atoms with Crippen LogP contribution in [0.15, 0.2) is 18.2 Å². The van der Waals surface area contributed by atoms with Gasteiger partial charge in [-0.3, -0.25) is 4.79 Å². The first kappa shape index (κ1) is 26.9. The number of anilines is 1. The van der Waals surface area contributed by atoms with Crippen LogP contribution in [-0.2, 0) is 4.74 Å². The summed E-state index contributed by atoms with van der Waals surface area (Å²) in [5, 5.41) is 13.9. The Morgan fingerprint density at radius 2 is 1.93 bits per heavy atom. The van der Waals surface area contributed by atoms with E-state index in [4.69, 9.17) is 21.1 Å². The van der Waals surface area contributed by atoms with E-state index in [1.54, 1.807) is 30.6 Å². The van der Waals surface area contributed by atoms with Gasteiger partial charge in [-0.2, -0.15) is 0 Å². The van der Waals surface area contributed by atoms with E-state index in [1.807, 2.05) is 0 Å². The first-order chi connectivity index (χ1) is 18.9. The molecule has 0 radical (unpaired) electrons. The number of likely N-dealkylation sites (tertiary alicyclic amines) is 1. The number of amides is 2. The molecule has 3 fully saturated rings. The summed E-state index contributed by atoms with van der Waals surface area (Å²) in [6, 6.07) is 3.61. The number of phenols is 1. The fourth-order valence-corrected chi connectivity index (χ4v) is 6.37. The number of hydrogen-bond donors (Lipinski definition) is 2. The number of aromatic hydroxyl groups is 1. The van der Waals surface area contributed by atoms with Crippen molar-refractivity contribution >= 4 is 29.4 Å². The van der Waals surface area contributed by atoms with Gasteiger partial charge in [-0.05, 0) is 51.8 Å². The molecule has 2 aromatic rings. The highest BCUT2D eigenvalue weighted by molar-refractivity contribution is 6.35. The molecule has 214 valence electrons. The normalized spacial score (nSPS) is 25.9. The van der Waals surface area contributed by atoms with Gasteiger partial charge >= 0.3 is 6.09 Å². The van der Waals surface area contributed by atoms with Crippen LogP contribution in [0.25, 0.3) is 11.3 Å². The van der Waals surface area contributed by atoms with Crippen molar-refractivity contribution in [3.63, 3.8) is 0 Å². The first-order valence-electron chi connectivity index (χ1n) is 13.5. The van der Waals surface area contributed by atoms with E-state index in [1.165, 1.54) is 18.2 Å². The number of aromatic nitrogens is 1. The van der Waals surface area contributed by atoms with Crippen molar-refractivity contribution in [1.29, 1.82) is 0 Å². The lowest BCUT2D eigenvalue weighted by atomic mass is 10.1. The molecule has 0 spiro atoms. The Kier molecular flexibility index (Phi) is 6.49. The number of nitrogens with zero attached hydrogens (tertiary/aromatic N) is 4. The van der Waals surface area contributed by atoms with E-state index in [9.17, 15) is 19.1 Å². The van der Waals surface area contributed by atoms with Crippen LogP contribution in [0.1, 0.15) is 31.1 Å². The van der Waals surface area contributed by atoms with Gasteiger partial charge in [0.25, 0.3) is 5.91 Å². The van der Waals surface area contributed by atoms with Gasteiger partial charge in [0.1, 0.15) is 45.9 Å². The van der Waals surface area contributed by atoms with E-state index in [0.717, 1.165) is 13.1 Å². The summed E-state index contributed by atoms with van der Waals surface area (Å²) in [5.41, 5.74) is -0.645. The van der Waals surface area contributed by atoms with Gasteiger partial charge in [-0.1, -0.05) is 17.7 Å². The molecule has 1 aliphatic carbocycles. The molecule has 4 aliphatic rings. The number of hydrogen-bond acceptors (Lipinski definition) is 8. The van der Waals surface area contributed by atoms with Crippen LogP contribution in [0, 0.1) is 17.7 Å². The minimum Gasteiger partial charge on any atom is -0.507 e. The summed E-state index contributed by atoms with van der Waals surface area (Å²) < 4.78 is 26.7. The minimum atomic E-state index is -0.699. The molecule has 40 heavy (non-hydrogen) atoms. The molecule has 0 bridgehead atoms. The number of fused-ring (bicyclic) bond motifs is 3. The second-order valence-electron chi connectivity index (χ2n) is 12.1. The number of rotatable bonds is 3. The number of nitrogens with one attached hydrogen (secondary N) is 1. The molecule has 10 nitrogen and oxygen atoms in total. The summed E-state index contributed by atoms with van der Waals surface area (Å²) in [4.78, 5) is 37.0. The highest BCUT2D eigenvalue weighted by Gasteiger charge is 2.55. The molecule has 2 N–H and O–H groups in total. The number of carbonyl (C=O) groups excluding carboxylic acids is 2. The number of ether oxygens (including phenoxy) is 2. The van der Waals surface area contributed by atoms with E-state index in [0.29, 0.717) is 18.4 Å². The molecular weight excluding hydrogens is 541 g/mol. The maximum atomic E-state index is 15.0. The summed E-state index contributed by atoms with van der Waals surface area (Å²) in [5.74, 6) is -0.190. The van der Waals surface area contributed by atoms with Gasteiger partial charge in [0, 0.05) is 38.8 Å². The number of piperazine rings is 1. The molecule has 4 heterocycles. The minimum absolute atomic E-state index is 0.00972. The van der Waals surface area contributed by atoms with Crippen molar-refractivity contribution < 1.29 is 28.6 Å². The molecule has 6 rings (SSSR count). The third-order valence-corrected chi connectivity index (χ3v) is 8.38. The zero-order valence-corrected chi connectivity index (χ0v) is 23.7. The molecule has 1 saturated carbocycles. The SMILES string of the molecule is CN1C[C@@H]2C(Nc3nc(-c4c(O)cccc4F)c(Cl)c4c3C(=O)N3CCN(C(=O)OC(C)(C)C)C[C@@H]3CO4)[C@@H]2C1. The highest BCUT2D eigenvalue weighted by atomic mass is 35.5. The van der Waals surface area contributed by atoms with Crippen molar-refractivity contribution in [2.24, 2.45) is 11.8 Å². The molecule has 2 amide bonds. The maximum Gasteiger partial charge on any atom is 0.410 e. The Morgan fingerprint density at radius 1 is 1.20 bits per heavy atom. The number of pyridine rings is 1. The summed E-state index contributed by atoms with van der Waals surface area (Å²) in [7, 11) is 2.07. The number of benzene rings is 1. The standard InChI is InChI=1S/C28H33ClFN5O5/c1-28(2,3)40-27(38)34-8-9-35-14(10-34)13-39-24-20(26(35)37)25(31-22-15-11-33(4)12-16(15)22)32-23(21(24)29)19-17(30)6-5-7-18(19)36/h5-7,14-16,22,36H,8-13H2,1-4H3,(H,31,32)/t14-,15-,16+,22?/m1/s1. The van der Waals surface area contributed by atoms with Gasteiger partial charge in [0.2, 0.25) is 0 Å². The van der Waals surface area contributed by atoms with Crippen molar-refractivity contribution in [2.45, 2.75) is 38.5 Å². The molecule has 1 aromatic heterocycles. The molecular formula is C28H33ClFN5O5. The lowest BCUT2D eigenvalue weighted by Gasteiger charge is -2.40. The predicted octanol–water partition coefficient (Wildman–Crippen LogP) is 3.67. The number of piperidine rings is 1. The number of phenolic OH excluding ortho intramolecular Hbond substituents is 1. The van der Waals surface area contributed by atoms with Gasteiger partial charge < -0.3 is 34.6 Å². The van der Waals surface area contributed by atoms with Crippen LogP contribution in [-0.4, -0.2) is 101 Å². The predicted molar refractivity (Wildman–Crippen MR) is 146 cm³/mol. The van der Waals surface area contributed by atoms with Crippen molar-refractivity contribution in [3.8, 4) is 22.8 Å². The molecule has 3 aliphatic heterocycles. The second kappa shape index (κ2) is 9.66. The maximum absolute atomic E-state index is 15.0. The molecule has 1 aromatic carbocycles. The smallest absolute Gasteiger partial charge is 0.410 e. The largest absolute Gasteiger partial charge is 0.507 e. The topological polar surface area (TPSA) is 107 Å². The fraction of sp³-hybridized carbons (Fsp3) is 0.536. The monoisotopic (exact) mass is 573 g/mol. The van der Waals surface area contributed by atoms with E-state index in [-0.39, 0.29) is 70.8 Å². The summed E-state index contributed by atoms with van der Waals surface area (Å²) >= 11 is 6.78. The van der Waals surface area contributed by atoms with Gasteiger partial charge in [-0.25, -0.2) is 14.2 Å².